The van der Waals surface area contributed by atoms with Crippen molar-refractivity contribution in [1.82, 2.24) is 9.88 Å². The fourth-order valence-electron chi connectivity index (χ4n) is 2.77. The van der Waals surface area contributed by atoms with E-state index in [9.17, 15) is 4.79 Å². The summed E-state index contributed by atoms with van der Waals surface area (Å²) in [5.74, 6) is 0.345. The third-order valence-corrected chi connectivity index (χ3v) is 3.79. The van der Waals surface area contributed by atoms with E-state index in [0.29, 0.717) is 17.5 Å². The molecule has 1 unspecified atom stereocenters. The van der Waals surface area contributed by atoms with Gasteiger partial charge in [0.25, 0.3) is 0 Å². The summed E-state index contributed by atoms with van der Waals surface area (Å²) in [5.41, 5.74) is 1.52. The highest BCUT2D eigenvalue weighted by atomic mass is 16.5. The van der Waals surface area contributed by atoms with Crippen molar-refractivity contribution in [2.45, 2.75) is 39.3 Å². The highest BCUT2D eigenvalue weighted by Gasteiger charge is 2.27. The quantitative estimate of drug-likeness (QED) is 0.782. The summed E-state index contributed by atoms with van der Waals surface area (Å²) in [5, 5.41) is 0. The second-order valence-electron chi connectivity index (χ2n) is 5.45. The van der Waals surface area contributed by atoms with Crippen LogP contribution in [0.2, 0.25) is 0 Å². The molecule has 0 N–H and O–H groups in total. The van der Waals surface area contributed by atoms with Crippen LogP contribution in [0.25, 0.3) is 0 Å². The number of hydrogen-bond acceptors (Lipinski definition) is 4. The van der Waals surface area contributed by atoms with Crippen LogP contribution in [0.4, 0.5) is 0 Å². The molecular formula is C15H22N2O2. The molecule has 4 heteroatoms. The Morgan fingerprint density at radius 3 is 2.89 bits per heavy atom. The van der Waals surface area contributed by atoms with Gasteiger partial charge < -0.3 is 4.74 Å². The normalized spacial score (nSPS) is 19.9. The Kier molecular flexibility index (Phi) is 4.53. The summed E-state index contributed by atoms with van der Waals surface area (Å²) >= 11 is 0. The number of hydrogen-bond donors (Lipinski definition) is 0. The van der Waals surface area contributed by atoms with E-state index in [1.807, 2.05) is 6.07 Å². The van der Waals surface area contributed by atoms with Crippen LogP contribution in [0.5, 0.6) is 0 Å². The molecule has 1 aromatic rings. The number of methoxy groups -OCH3 is 1. The van der Waals surface area contributed by atoms with E-state index in [1.165, 1.54) is 20.0 Å². The molecule has 0 bridgehead atoms. The van der Waals surface area contributed by atoms with Gasteiger partial charge >= 0.3 is 5.97 Å². The summed E-state index contributed by atoms with van der Waals surface area (Å²) in [6.07, 6.45) is 4.14. The largest absolute Gasteiger partial charge is 0.465 e. The van der Waals surface area contributed by atoms with Crippen LogP contribution in [0.15, 0.2) is 18.3 Å². The maximum absolute atomic E-state index is 11.3. The molecule has 0 aliphatic carbocycles. The molecule has 0 saturated carbocycles. The van der Waals surface area contributed by atoms with Crippen molar-refractivity contribution in [1.29, 1.82) is 0 Å². The molecule has 1 aliphatic heterocycles. The zero-order valence-electron chi connectivity index (χ0n) is 11.9. The van der Waals surface area contributed by atoms with E-state index < -0.39 is 0 Å². The SMILES string of the molecule is COC(=O)c1ccc(CN2CCCC2C(C)C)nc1. The molecule has 1 saturated heterocycles. The predicted molar refractivity (Wildman–Crippen MR) is 73.8 cm³/mol. The molecule has 1 atom stereocenters. The standard InChI is InChI=1S/C15H22N2O2/c1-11(2)14-5-4-8-17(14)10-13-7-6-12(9-16-13)15(18)19-3/h6-7,9,11,14H,4-5,8,10H2,1-3H3. The minimum absolute atomic E-state index is 0.333. The van der Waals surface area contributed by atoms with Crippen LogP contribution < -0.4 is 0 Å². The number of carbonyl (C=O) groups is 1. The van der Waals surface area contributed by atoms with E-state index in [0.717, 1.165) is 18.8 Å². The Morgan fingerprint density at radius 2 is 2.32 bits per heavy atom. The second-order valence-corrected chi connectivity index (χ2v) is 5.45. The van der Waals surface area contributed by atoms with E-state index in [1.54, 1.807) is 12.3 Å². The van der Waals surface area contributed by atoms with Crippen molar-refractivity contribution in [3.8, 4) is 0 Å². The fraction of sp³-hybridized carbons (Fsp3) is 0.600. The van der Waals surface area contributed by atoms with Crippen molar-refractivity contribution in [2.75, 3.05) is 13.7 Å². The molecule has 0 amide bonds. The highest BCUT2D eigenvalue weighted by molar-refractivity contribution is 5.88. The number of carbonyl (C=O) groups excluding carboxylic acids is 1. The number of likely N-dealkylation sites (tertiary alicyclic amines) is 1. The van der Waals surface area contributed by atoms with Crippen LogP contribution in [-0.2, 0) is 11.3 Å². The van der Waals surface area contributed by atoms with Gasteiger partial charge in [0, 0.05) is 18.8 Å². The van der Waals surface area contributed by atoms with Gasteiger partial charge in [0.1, 0.15) is 0 Å². The third-order valence-electron chi connectivity index (χ3n) is 3.79. The van der Waals surface area contributed by atoms with Gasteiger partial charge in [0.15, 0.2) is 0 Å². The lowest BCUT2D eigenvalue weighted by Gasteiger charge is -2.27. The van der Waals surface area contributed by atoms with Crippen molar-refractivity contribution in [2.24, 2.45) is 5.92 Å². The van der Waals surface area contributed by atoms with Crippen molar-refractivity contribution in [3.05, 3.63) is 29.6 Å². The first kappa shape index (κ1) is 14.0. The summed E-state index contributed by atoms with van der Waals surface area (Å²) in [6, 6.07) is 4.36. The van der Waals surface area contributed by atoms with Crippen LogP contribution in [0.3, 0.4) is 0 Å². The molecule has 1 aromatic heterocycles. The number of rotatable bonds is 4. The maximum atomic E-state index is 11.3. The Morgan fingerprint density at radius 1 is 1.53 bits per heavy atom. The minimum atomic E-state index is -0.333. The third kappa shape index (κ3) is 3.32. The summed E-state index contributed by atoms with van der Waals surface area (Å²) in [7, 11) is 1.38. The molecule has 1 aliphatic rings. The van der Waals surface area contributed by atoms with Gasteiger partial charge in [-0.15, -0.1) is 0 Å². The van der Waals surface area contributed by atoms with Gasteiger partial charge in [-0.2, -0.15) is 0 Å². The first-order valence-electron chi connectivity index (χ1n) is 6.89. The number of esters is 1. The first-order valence-corrected chi connectivity index (χ1v) is 6.89. The second kappa shape index (κ2) is 6.15. The molecule has 19 heavy (non-hydrogen) atoms. The van der Waals surface area contributed by atoms with Crippen LogP contribution in [-0.4, -0.2) is 35.5 Å². The zero-order chi connectivity index (χ0) is 13.8. The molecule has 1 fully saturated rings. The van der Waals surface area contributed by atoms with Gasteiger partial charge in [0.2, 0.25) is 0 Å². The van der Waals surface area contributed by atoms with E-state index >= 15 is 0 Å². The van der Waals surface area contributed by atoms with Gasteiger partial charge in [-0.05, 0) is 37.4 Å². The Labute approximate surface area is 114 Å². The highest BCUT2D eigenvalue weighted by Crippen LogP contribution is 2.25. The average molecular weight is 262 g/mol. The molecule has 0 aromatic carbocycles. The number of pyridine rings is 1. The Hall–Kier alpha value is -1.42. The molecule has 0 spiro atoms. The zero-order valence-corrected chi connectivity index (χ0v) is 11.9. The summed E-state index contributed by atoms with van der Waals surface area (Å²) in [6.45, 7) is 6.56. The van der Waals surface area contributed by atoms with Crippen molar-refractivity contribution in [3.63, 3.8) is 0 Å². The average Bonchev–Trinajstić information content (AvgIpc) is 2.87. The summed E-state index contributed by atoms with van der Waals surface area (Å²) < 4.78 is 4.67. The van der Waals surface area contributed by atoms with Crippen LogP contribution in [0, 0.1) is 5.92 Å². The lowest BCUT2D eigenvalue weighted by Crippen LogP contribution is -2.33. The lowest BCUT2D eigenvalue weighted by molar-refractivity contribution is 0.0600. The smallest absolute Gasteiger partial charge is 0.339 e. The number of ether oxygens (including phenoxy) is 1. The Balaban J connectivity index is 2.01. The first-order chi connectivity index (χ1) is 9.11. The van der Waals surface area contributed by atoms with Crippen molar-refractivity contribution < 1.29 is 9.53 Å². The molecule has 2 heterocycles. The van der Waals surface area contributed by atoms with Crippen LogP contribution in [0.1, 0.15) is 42.7 Å². The number of nitrogens with zero attached hydrogens (tertiary/aromatic N) is 2. The van der Waals surface area contributed by atoms with Gasteiger partial charge in [-0.1, -0.05) is 13.8 Å². The van der Waals surface area contributed by atoms with Crippen LogP contribution >= 0.6 is 0 Å². The maximum Gasteiger partial charge on any atom is 0.339 e. The number of aromatic nitrogens is 1. The monoisotopic (exact) mass is 262 g/mol. The Bertz CT molecular complexity index is 428. The molecule has 4 nitrogen and oxygen atoms in total. The minimum Gasteiger partial charge on any atom is -0.465 e. The van der Waals surface area contributed by atoms with Gasteiger partial charge in [0.05, 0.1) is 18.4 Å². The topological polar surface area (TPSA) is 42.4 Å². The molecule has 2 rings (SSSR count). The van der Waals surface area contributed by atoms with E-state index in [-0.39, 0.29) is 5.97 Å². The van der Waals surface area contributed by atoms with E-state index in [2.05, 4.69) is 28.5 Å². The lowest BCUT2D eigenvalue weighted by atomic mass is 10.0. The molecular weight excluding hydrogens is 240 g/mol. The predicted octanol–water partition coefficient (Wildman–Crippen LogP) is 2.49. The molecule has 104 valence electrons. The summed E-state index contributed by atoms with van der Waals surface area (Å²) in [4.78, 5) is 18.2. The van der Waals surface area contributed by atoms with Gasteiger partial charge in [-0.3, -0.25) is 9.88 Å². The fourth-order valence-corrected chi connectivity index (χ4v) is 2.77. The van der Waals surface area contributed by atoms with Gasteiger partial charge in [-0.25, -0.2) is 4.79 Å². The van der Waals surface area contributed by atoms with Crippen molar-refractivity contribution >= 4 is 5.97 Å². The van der Waals surface area contributed by atoms with E-state index in [4.69, 9.17) is 0 Å². The molecule has 0 radical (unpaired) electrons.